The summed E-state index contributed by atoms with van der Waals surface area (Å²) in [6, 6.07) is 0.343. The van der Waals surface area contributed by atoms with Crippen molar-refractivity contribution in [2.45, 2.75) is 32.6 Å². The van der Waals surface area contributed by atoms with Crippen molar-refractivity contribution in [3.05, 3.63) is 35.7 Å². The second-order valence-corrected chi connectivity index (χ2v) is 7.51. The first-order valence-electron chi connectivity index (χ1n) is 9.27. The van der Waals surface area contributed by atoms with Gasteiger partial charge in [-0.15, -0.1) is 0 Å². The number of rotatable bonds is 4. The highest BCUT2D eigenvalue weighted by molar-refractivity contribution is 5.13. The van der Waals surface area contributed by atoms with Crippen molar-refractivity contribution in [1.82, 2.24) is 34.0 Å². The Kier molecular flexibility index (Phi) is 4.62. The second kappa shape index (κ2) is 6.90. The van der Waals surface area contributed by atoms with Gasteiger partial charge in [0.05, 0.1) is 17.9 Å². The van der Waals surface area contributed by atoms with Crippen LogP contribution in [0.1, 0.15) is 30.0 Å². The Bertz CT molecular complexity index is 711. The Morgan fingerprint density at radius 2 is 1.80 bits per heavy atom. The lowest BCUT2D eigenvalue weighted by Gasteiger charge is -2.35. The summed E-state index contributed by atoms with van der Waals surface area (Å²) in [4.78, 5) is 12.2. The van der Waals surface area contributed by atoms with Crippen LogP contribution in [0.25, 0.3) is 0 Å². The molecule has 2 aromatic rings. The average molecular weight is 343 g/mol. The lowest BCUT2D eigenvalue weighted by Crippen LogP contribution is -2.44. The van der Waals surface area contributed by atoms with Gasteiger partial charge in [0.1, 0.15) is 5.82 Å². The van der Waals surface area contributed by atoms with E-state index in [2.05, 4.69) is 50.7 Å². The van der Waals surface area contributed by atoms with Crippen LogP contribution in [0, 0.1) is 0 Å². The van der Waals surface area contributed by atoms with Crippen LogP contribution in [-0.4, -0.2) is 73.8 Å². The van der Waals surface area contributed by atoms with Crippen molar-refractivity contribution in [1.29, 1.82) is 0 Å². The van der Waals surface area contributed by atoms with Gasteiger partial charge in [-0.05, 0) is 14.0 Å². The molecule has 1 fully saturated rings. The molecule has 2 aliphatic heterocycles. The topological polar surface area (TPSA) is 45.4 Å². The molecule has 0 saturated carbocycles. The number of fused-ring (bicyclic) bond motifs is 1. The van der Waals surface area contributed by atoms with E-state index in [0.29, 0.717) is 6.04 Å². The Morgan fingerprint density at radius 1 is 1.00 bits per heavy atom. The van der Waals surface area contributed by atoms with Crippen LogP contribution in [0.5, 0.6) is 0 Å². The third kappa shape index (κ3) is 3.49. The van der Waals surface area contributed by atoms with Crippen LogP contribution in [0.2, 0.25) is 0 Å². The zero-order valence-electron chi connectivity index (χ0n) is 15.6. The van der Waals surface area contributed by atoms with E-state index in [1.807, 2.05) is 17.9 Å². The van der Waals surface area contributed by atoms with Crippen LogP contribution in [0.4, 0.5) is 0 Å². The summed E-state index contributed by atoms with van der Waals surface area (Å²) < 4.78 is 4.32. The smallest absolute Gasteiger partial charge is 0.126 e. The van der Waals surface area contributed by atoms with Crippen LogP contribution in [0.15, 0.2) is 18.6 Å². The number of imidazole rings is 1. The third-order valence-corrected chi connectivity index (χ3v) is 5.63. The maximum absolute atomic E-state index is 4.78. The molecule has 2 aliphatic rings. The molecule has 1 atom stereocenters. The Hall–Kier alpha value is -1.70. The minimum atomic E-state index is 0.343. The van der Waals surface area contributed by atoms with Gasteiger partial charge in [-0.1, -0.05) is 0 Å². The van der Waals surface area contributed by atoms with Crippen LogP contribution >= 0.6 is 0 Å². The maximum atomic E-state index is 4.78. The van der Waals surface area contributed by atoms with Gasteiger partial charge in [0.15, 0.2) is 0 Å². The fourth-order valence-electron chi connectivity index (χ4n) is 3.97. The third-order valence-electron chi connectivity index (χ3n) is 5.63. The summed E-state index contributed by atoms with van der Waals surface area (Å²) >= 11 is 0. The molecule has 0 N–H and O–H groups in total. The minimum absolute atomic E-state index is 0.343. The van der Waals surface area contributed by atoms with Gasteiger partial charge in [-0.25, -0.2) is 4.98 Å². The van der Waals surface area contributed by atoms with E-state index in [1.54, 1.807) is 0 Å². The van der Waals surface area contributed by atoms with E-state index < -0.39 is 0 Å². The van der Waals surface area contributed by atoms with E-state index in [-0.39, 0.29) is 0 Å². The molecule has 0 aromatic carbocycles. The maximum Gasteiger partial charge on any atom is 0.126 e. The van der Waals surface area contributed by atoms with Crippen LogP contribution < -0.4 is 0 Å². The summed E-state index contributed by atoms with van der Waals surface area (Å²) in [6.45, 7) is 11.0. The van der Waals surface area contributed by atoms with Crippen molar-refractivity contribution in [3.63, 3.8) is 0 Å². The molecule has 0 aliphatic carbocycles. The van der Waals surface area contributed by atoms with Crippen molar-refractivity contribution < 1.29 is 0 Å². The molecule has 25 heavy (non-hydrogen) atoms. The molecule has 136 valence electrons. The minimum Gasteiger partial charge on any atom is -0.328 e. The molecule has 4 rings (SSSR count). The number of nitrogens with zero attached hydrogens (tertiary/aromatic N) is 7. The standard InChI is InChI=1S/C18H29N7/c1-15-18-19-11-17(14-23-6-4-21(2)5-7-23)25(18)9-8-24(15)13-16-10-20-22(3)12-16/h10-12,15H,4-9,13-14H2,1-3H3/t15-/m0/s1. The van der Waals surface area contributed by atoms with Crippen LogP contribution in [0.3, 0.4) is 0 Å². The fourth-order valence-corrected chi connectivity index (χ4v) is 3.97. The van der Waals surface area contributed by atoms with Crippen LogP contribution in [-0.2, 0) is 26.7 Å². The molecular weight excluding hydrogens is 314 g/mol. The highest BCUT2D eigenvalue weighted by Gasteiger charge is 2.28. The molecule has 7 nitrogen and oxygen atoms in total. The first-order valence-corrected chi connectivity index (χ1v) is 9.27. The summed E-state index contributed by atoms with van der Waals surface area (Å²) in [5, 5.41) is 4.29. The first kappa shape index (κ1) is 16.8. The molecule has 7 heteroatoms. The van der Waals surface area contributed by atoms with Crippen molar-refractivity contribution >= 4 is 0 Å². The molecule has 0 unspecified atom stereocenters. The Morgan fingerprint density at radius 3 is 2.52 bits per heavy atom. The molecular formula is C18H29N7. The summed E-state index contributed by atoms with van der Waals surface area (Å²) in [5.74, 6) is 1.21. The lowest BCUT2D eigenvalue weighted by atomic mass is 10.2. The van der Waals surface area contributed by atoms with E-state index in [4.69, 9.17) is 4.98 Å². The Labute approximate surface area is 149 Å². The number of hydrogen-bond donors (Lipinski definition) is 0. The summed E-state index contributed by atoms with van der Waals surface area (Å²) in [5.41, 5.74) is 2.64. The molecule has 1 saturated heterocycles. The van der Waals surface area contributed by atoms with Gasteiger partial charge in [-0.2, -0.15) is 5.10 Å². The highest BCUT2D eigenvalue weighted by Crippen LogP contribution is 2.27. The predicted octanol–water partition coefficient (Wildman–Crippen LogP) is 0.941. The van der Waals surface area contributed by atoms with Crippen molar-refractivity contribution in [2.24, 2.45) is 7.05 Å². The first-order chi connectivity index (χ1) is 12.1. The van der Waals surface area contributed by atoms with E-state index in [1.165, 1.54) is 17.1 Å². The zero-order valence-corrected chi connectivity index (χ0v) is 15.6. The van der Waals surface area contributed by atoms with Gasteiger partial charge in [0, 0.05) is 77.4 Å². The normalized spacial score (nSPS) is 23.1. The molecule has 4 heterocycles. The number of piperazine rings is 1. The van der Waals surface area contributed by atoms with Crippen molar-refractivity contribution in [2.75, 3.05) is 39.8 Å². The van der Waals surface area contributed by atoms with E-state index in [0.717, 1.165) is 52.4 Å². The van der Waals surface area contributed by atoms with Gasteiger partial charge in [0.25, 0.3) is 0 Å². The van der Waals surface area contributed by atoms with Crippen molar-refractivity contribution in [3.8, 4) is 0 Å². The lowest BCUT2D eigenvalue weighted by molar-refractivity contribution is 0.136. The summed E-state index contributed by atoms with van der Waals surface area (Å²) in [7, 11) is 4.18. The van der Waals surface area contributed by atoms with Gasteiger partial charge in [0.2, 0.25) is 0 Å². The molecule has 0 amide bonds. The number of hydrogen-bond acceptors (Lipinski definition) is 5. The quantitative estimate of drug-likeness (QED) is 0.827. The number of likely N-dealkylation sites (N-methyl/N-ethyl adjacent to an activating group) is 1. The SMILES string of the molecule is C[C@H]1c2ncc(CN3CCN(C)CC3)n2CCN1Cc1cnn(C)c1. The fraction of sp³-hybridized carbons (Fsp3) is 0.667. The summed E-state index contributed by atoms with van der Waals surface area (Å²) in [6.07, 6.45) is 6.16. The average Bonchev–Trinajstić information content (AvgIpc) is 3.19. The molecule has 0 bridgehead atoms. The highest BCUT2D eigenvalue weighted by atomic mass is 15.3. The monoisotopic (exact) mass is 343 g/mol. The largest absolute Gasteiger partial charge is 0.328 e. The van der Waals surface area contributed by atoms with Gasteiger partial charge in [-0.3, -0.25) is 14.5 Å². The van der Waals surface area contributed by atoms with E-state index >= 15 is 0 Å². The predicted molar refractivity (Wildman–Crippen MR) is 97.0 cm³/mol. The van der Waals surface area contributed by atoms with Gasteiger partial charge >= 0.3 is 0 Å². The number of aryl methyl sites for hydroxylation is 1. The molecule has 0 radical (unpaired) electrons. The second-order valence-electron chi connectivity index (χ2n) is 7.51. The molecule has 0 spiro atoms. The Balaban J connectivity index is 1.43. The molecule has 2 aromatic heterocycles. The number of aromatic nitrogens is 4. The van der Waals surface area contributed by atoms with Gasteiger partial charge < -0.3 is 9.47 Å². The zero-order chi connectivity index (χ0) is 17.4. The van der Waals surface area contributed by atoms with E-state index in [9.17, 15) is 0 Å².